The molecule has 1 unspecified atom stereocenters. The van der Waals surface area contributed by atoms with Crippen LogP contribution < -0.4 is 31.8 Å². The SMILES string of the molecule is COc1ccc(C(=O)NCCC(=O)OCc2ccccc2)cc1NC(=O)[C@H](CCC(N)C(=N)N[N+](=O)[O-])NC(=O)OCc1ccccc1. The number of esters is 1. The molecule has 2 atom stereocenters. The Morgan fingerprint density at radius 1 is 0.917 bits per heavy atom. The highest BCUT2D eigenvalue weighted by molar-refractivity contribution is 6.00. The molecule has 3 rings (SSSR count). The Kier molecular flexibility index (Phi) is 14.3. The van der Waals surface area contributed by atoms with E-state index in [-0.39, 0.29) is 56.0 Å². The molecule has 7 N–H and O–H groups in total. The van der Waals surface area contributed by atoms with Crippen LogP contribution >= 0.6 is 0 Å². The van der Waals surface area contributed by atoms with E-state index in [0.717, 1.165) is 5.56 Å². The predicted octanol–water partition coefficient (Wildman–Crippen LogP) is 2.66. The number of amidine groups is 1. The highest BCUT2D eigenvalue weighted by Crippen LogP contribution is 2.26. The van der Waals surface area contributed by atoms with Crippen LogP contribution in [0.3, 0.4) is 0 Å². The summed E-state index contributed by atoms with van der Waals surface area (Å²) >= 11 is 0. The first-order valence-corrected chi connectivity index (χ1v) is 14.7. The van der Waals surface area contributed by atoms with Crippen LogP contribution in [0.1, 0.15) is 40.7 Å². The molecule has 0 radical (unpaired) electrons. The van der Waals surface area contributed by atoms with Crippen molar-refractivity contribution in [2.24, 2.45) is 5.73 Å². The maximum Gasteiger partial charge on any atom is 0.408 e. The van der Waals surface area contributed by atoms with Gasteiger partial charge in [0.05, 0.1) is 25.3 Å². The quantitative estimate of drug-likeness (QED) is 0.0403. The molecule has 3 amide bonds. The van der Waals surface area contributed by atoms with Gasteiger partial charge >= 0.3 is 12.1 Å². The highest BCUT2D eigenvalue weighted by atomic mass is 16.7. The van der Waals surface area contributed by atoms with Crippen molar-refractivity contribution in [1.29, 1.82) is 5.41 Å². The number of nitrogens with zero attached hydrogens (tertiary/aromatic N) is 1. The molecule has 0 aliphatic rings. The van der Waals surface area contributed by atoms with Gasteiger partial charge in [0.1, 0.15) is 25.0 Å². The van der Waals surface area contributed by atoms with Crippen molar-refractivity contribution in [3.63, 3.8) is 0 Å². The number of nitro groups is 1. The van der Waals surface area contributed by atoms with Gasteiger partial charge in [0.25, 0.3) is 5.91 Å². The van der Waals surface area contributed by atoms with E-state index in [1.165, 1.54) is 25.3 Å². The van der Waals surface area contributed by atoms with E-state index in [1.807, 2.05) is 30.3 Å². The minimum absolute atomic E-state index is 0.00215. The first kappa shape index (κ1) is 36.4. The number of rotatable bonds is 17. The van der Waals surface area contributed by atoms with E-state index in [2.05, 4.69) is 16.0 Å². The minimum atomic E-state index is -1.27. The predicted molar refractivity (Wildman–Crippen MR) is 173 cm³/mol. The summed E-state index contributed by atoms with van der Waals surface area (Å²) in [4.78, 5) is 61.7. The van der Waals surface area contributed by atoms with Gasteiger partial charge in [-0.05, 0) is 42.2 Å². The molecule has 16 heteroatoms. The average molecular weight is 664 g/mol. The molecule has 3 aromatic rings. The third kappa shape index (κ3) is 12.4. The zero-order valence-corrected chi connectivity index (χ0v) is 26.1. The zero-order chi connectivity index (χ0) is 34.9. The number of methoxy groups -OCH3 is 1. The normalized spacial score (nSPS) is 11.6. The molecule has 0 heterocycles. The fourth-order valence-corrected chi connectivity index (χ4v) is 4.20. The number of amides is 3. The largest absolute Gasteiger partial charge is 0.495 e. The van der Waals surface area contributed by atoms with Crippen LogP contribution in [0.5, 0.6) is 5.75 Å². The van der Waals surface area contributed by atoms with Crippen LogP contribution in [-0.4, -0.2) is 60.5 Å². The smallest absolute Gasteiger partial charge is 0.408 e. The molecular weight excluding hydrogens is 626 g/mol. The van der Waals surface area contributed by atoms with Gasteiger partial charge in [-0.1, -0.05) is 66.1 Å². The van der Waals surface area contributed by atoms with Crippen LogP contribution in [-0.2, 0) is 32.3 Å². The lowest BCUT2D eigenvalue weighted by molar-refractivity contribution is -0.525. The van der Waals surface area contributed by atoms with Gasteiger partial charge in [0.2, 0.25) is 5.91 Å². The highest BCUT2D eigenvalue weighted by Gasteiger charge is 2.25. The number of benzene rings is 3. The molecule has 0 spiro atoms. The van der Waals surface area contributed by atoms with Gasteiger partial charge in [-0.3, -0.25) is 19.8 Å². The molecule has 3 aromatic carbocycles. The Bertz CT molecular complexity index is 1570. The maximum atomic E-state index is 13.4. The van der Waals surface area contributed by atoms with Gasteiger partial charge in [-0.25, -0.2) is 14.9 Å². The molecule has 0 aliphatic heterocycles. The summed E-state index contributed by atoms with van der Waals surface area (Å²) in [5.41, 5.74) is 9.31. The molecule has 0 aliphatic carbocycles. The average Bonchev–Trinajstić information content (AvgIpc) is 3.08. The zero-order valence-electron chi connectivity index (χ0n) is 26.1. The molecule has 0 fully saturated rings. The van der Waals surface area contributed by atoms with Crippen molar-refractivity contribution in [2.45, 2.75) is 44.6 Å². The number of hydrogen-bond acceptors (Lipinski definition) is 11. The van der Waals surface area contributed by atoms with Gasteiger partial charge in [0, 0.05) is 12.1 Å². The van der Waals surface area contributed by atoms with Crippen molar-refractivity contribution < 1.29 is 38.4 Å². The van der Waals surface area contributed by atoms with Crippen molar-refractivity contribution >= 4 is 35.4 Å². The third-order valence-corrected chi connectivity index (χ3v) is 6.75. The van der Waals surface area contributed by atoms with E-state index >= 15 is 0 Å². The van der Waals surface area contributed by atoms with Gasteiger partial charge < -0.3 is 35.9 Å². The molecular formula is C32H37N7O9. The van der Waals surface area contributed by atoms with Crippen LogP contribution in [0.15, 0.2) is 78.9 Å². The number of hydrogen-bond donors (Lipinski definition) is 6. The van der Waals surface area contributed by atoms with Crippen molar-refractivity contribution in [3.8, 4) is 5.75 Å². The summed E-state index contributed by atoms with van der Waals surface area (Å²) in [7, 11) is 1.36. The monoisotopic (exact) mass is 663 g/mol. The summed E-state index contributed by atoms with van der Waals surface area (Å²) in [6.07, 6.45) is -1.24. The summed E-state index contributed by atoms with van der Waals surface area (Å²) in [5.74, 6) is -2.17. The summed E-state index contributed by atoms with van der Waals surface area (Å²) in [6.45, 7) is 0.0332. The lowest BCUT2D eigenvalue weighted by atomic mass is 10.0. The molecule has 16 nitrogen and oxygen atoms in total. The second-order valence-corrected chi connectivity index (χ2v) is 10.3. The van der Waals surface area contributed by atoms with E-state index in [0.29, 0.717) is 5.56 Å². The minimum Gasteiger partial charge on any atom is -0.495 e. The number of hydrazine groups is 1. The third-order valence-electron chi connectivity index (χ3n) is 6.75. The molecule has 0 saturated carbocycles. The van der Waals surface area contributed by atoms with E-state index in [1.54, 1.807) is 35.8 Å². The van der Waals surface area contributed by atoms with E-state index in [4.69, 9.17) is 25.4 Å². The number of carbonyl (C=O) groups excluding carboxylic acids is 4. The molecule has 48 heavy (non-hydrogen) atoms. The topological polar surface area (TPSA) is 237 Å². The van der Waals surface area contributed by atoms with Crippen LogP contribution in [0, 0.1) is 15.5 Å². The lowest BCUT2D eigenvalue weighted by Gasteiger charge is -2.21. The molecule has 0 bridgehead atoms. The second-order valence-electron chi connectivity index (χ2n) is 10.3. The van der Waals surface area contributed by atoms with Crippen LogP contribution in [0.2, 0.25) is 0 Å². The second kappa shape index (κ2) is 18.8. The number of alkyl carbamates (subject to hydrolysis) is 1. The summed E-state index contributed by atoms with van der Waals surface area (Å²) in [5, 5.41) is 25.2. The first-order chi connectivity index (χ1) is 23.0. The lowest BCUT2D eigenvalue weighted by Crippen LogP contribution is -2.47. The van der Waals surface area contributed by atoms with E-state index in [9.17, 15) is 29.3 Å². The molecule has 0 saturated heterocycles. The number of carbonyl (C=O) groups is 4. The van der Waals surface area contributed by atoms with Crippen molar-refractivity contribution in [2.75, 3.05) is 19.0 Å². The molecule has 254 valence electrons. The van der Waals surface area contributed by atoms with E-state index < -0.39 is 46.8 Å². The number of ether oxygens (including phenoxy) is 3. The maximum absolute atomic E-state index is 13.4. The first-order valence-electron chi connectivity index (χ1n) is 14.7. The number of anilines is 1. The van der Waals surface area contributed by atoms with Crippen molar-refractivity contribution in [3.05, 3.63) is 106 Å². The fourth-order valence-electron chi connectivity index (χ4n) is 4.20. The Labute approximate surface area is 275 Å². The van der Waals surface area contributed by atoms with Gasteiger partial charge in [-0.15, -0.1) is 0 Å². The van der Waals surface area contributed by atoms with Crippen molar-refractivity contribution in [1.82, 2.24) is 16.1 Å². The fraction of sp³-hybridized carbons (Fsp3) is 0.281. The molecule has 0 aromatic heterocycles. The van der Waals surface area contributed by atoms with Crippen LogP contribution in [0.4, 0.5) is 10.5 Å². The Morgan fingerprint density at radius 2 is 1.54 bits per heavy atom. The Hall–Kier alpha value is -6.03. The summed E-state index contributed by atoms with van der Waals surface area (Å²) < 4.78 is 15.8. The van der Waals surface area contributed by atoms with Gasteiger partial charge in [0.15, 0.2) is 10.9 Å². The Balaban J connectivity index is 1.64. The standard InChI is InChI=1S/C32H37N7O9/c1-46-27-15-12-23(30(41)35-17-16-28(40)47-19-21-8-4-2-5-9-21)18-26(27)36-31(42)25(14-13-24(33)29(34)38-39(44)45)37-32(43)48-20-22-10-6-3-7-11-22/h2-12,15,18,24-25H,13-14,16-17,19-20,33H2,1H3,(H2,34,38)(H,35,41)(H,36,42)(H,37,43)/t24?,25-/m0/s1. The summed E-state index contributed by atoms with van der Waals surface area (Å²) in [6, 6.07) is 19.8. The number of nitrogens with one attached hydrogen (secondary N) is 5. The number of nitrogens with two attached hydrogens (primary N) is 1. The Morgan fingerprint density at radius 3 is 2.15 bits per heavy atom. The van der Waals surface area contributed by atoms with Gasteiger partial charge in [-0.2, -0.15) is 0 Å². The van der Waals surface area contributed by atoms with Crippen LogP contribution in [0.25, 0.3) is 0 Å².